The summed E-state index contributed by atoms with van der Waals surface area (Å²) in [6, 6.07) is 7.90. The van der Waals surface area contributed by atoms with Crippen LogP contribution in [0.5, 0.6) is 5.75 Å². The van der Waals surface area contributed by atoms with E-state index in [1.807, 2.05) is 32.0 Å². The maximum absolute atomic E-state index is 12.2. The van der Waals surface area contributed by atoms with Crippen LogP contribution in [-0.2, 0) is 11.3 Å². The fourth-order valence-corrected chi connectivity index (χ4v) is 3.03. The van der Waals surface area contributed by atoms with Crippen molar-refractivity contribution in [3.05, 3.63) is 29.8 Å². The monoisotopic (exact) mass is 349 g/mol. The third-order valence-electron chi connectivity index (χ3n) is 4.25. The molecule has 1 aliphatic heterocycles. The van der Waals surface area contributed by atoms with E-state index in [-0.39, 0.29) is 25.0 Å². The van der Waals surface area contributed by atoms with Gasteiger partial charge in [-0.3, -0.25) is 9.69 Å². The zero-order chi connectivity index (χ0) is 18.2. The van der Waals surface area contributed by atoms with E-state index >= 15 is 0 Å². The average molecular weight is 349 g/mol. The Labute approximate surface area is 148 Å². The third-order valence-corrected chi connectivity index (χ3v) is 4.25. The van der Waals surface area contributed by atoms with Crippen LogP contribution in [0.4, 0.5) is 4.79 Å². The second-order valence-electron chi connectivity index (χ2n) is 6.19. The molecule has 0 aromatic heterocycles. The predicted molar refractivity (Wildman–Crippen MR) is 94.7 cm³/mol. The number of aliphatic carboxylic acids is 1. The van der Waals surface area contributed by atoms with Gasteiger partial charge in [-0.05, 0) is 19.9 Å². The highest BCUT2D eigenvalue weighted by Crippen LogP contribution is 2.21. The van der Waals surface area contributed by atoms with E-state index < -0.39 is 5.97 Å². The summed E-state index contributed by atoms with van der Waals surface area (Å²) in [5.74, 6) is -0.00220. The van der Waals surface area contributed by atoms with Crippen molar-refractivity contribution in [2.75, 3.05) is 32.8 Å². The van der Waals surface area contributed by atoms with Crippen LogP contribution < -0.4 is 10.1 Å². The normalized spacial score (nSPS) is 18.0. The average Bonchev–Trinajstić information content (AvgIpc) is 2.56. The molecule has 138 valence electrons. The van der Waals surface area contributed by atoms with Crippen LogP contribution in [0.3, 0.4) is 0 Å². The Morgan fingerprint density at radius 2 is 2.08 bits per heavy atom. The molecule has 1 unspecified atom stereocenters. The first-order valence-corrected chi connectivity index (χ1v) is 8.70. The van der Waals surface area contributed by atoms with Gasteiger partial charge in [0.15, 0.2) is 0 Å². The fraction of sp³-hybridized carbons (Fsp3) is 0.556. The Bertz CT molecular complexity index is 593. The van der Waals surface area contributed by atoms with Crippen molar-refractivity contribution in [2.24, 2.45) is 0 Å². The zero-order valence-corrected chi connectivity index (χ0v) is 14.9. The first-order chi connectivity index (χ1) is 12.0. The molecule has 0 aliphatic carbocycles. The molecular formula is C18H27N3O4. The highest BCUT2D eigenvalue weighted by atomic mass is 16.5. The van der Waals surface area contributed by atoms with Crippen molar-refractivity contribution in [3.63, 3.8) is 0 Å². The van der Waals surface area contributed by atoms with Crippen molar-refractivity contribution < 1.29 is 19.4 Å². The largest absolute Gasteiger partial charge is 0.494 e. The van der Waals surface area contributed by atoms with Crippen LogP contribution >= 0.6 is 0 Å². The Morgan fingerprint density at radius 1 is 1.32 bits per heavy atom. The highest BCUT2D eigenvalue weighted by molar-refractivity contribution is 5.75. The first kappa shape index (κ1) is 19.1. The lowest BCUT2D eigenvalue weighted by atomic mass is 10.1. The molecule has 1 saturated heterocycles. The molecule has 1 aromatic rings. The maximum Gasteiger partial charge on any atom is 0.317 e. The Kier molecular flexibility index (Phi) is 7.06. The summed E-state index contributed by atoms with van der Waals surface area (Å²) < 4.78 is 5.68. The standard InChI is InChI=1S/C18H27N3O4/c1-3-25-16-7-5-4-6-15(16)13-20-10-11-21(14(2)12-20)18(24)19-9-8-17(22)23/h4-7,14H,3,8-13H2,1-2H3,(H,19,24)(H,22,23). The summed E-state index contributed by atoms with van der Waals surface area (Å²) in [5, 5.41) is 11.3. The Morgan fingerprint density at radius 3 is 2.76 bits per heavy atom. The van der Waals surface area contributed by atoms with E-state index in [4.69, 9.17) is 9.84 Å². The number of hydrogen-bond donors (Lipinski definition) is 2. The van der Waals surface area contributed by atoms with E-state index in [0.29, 0.717) is 13.2 Å². The molecule has 2 rings (SSSR count). The smallest absolute Gasteiger partial charge is 0.317 e. The lowest BCUT2D eigenvalue weighted by molar-refractivity contribution is -0.136. The second-order valence-corrected chi connectivity index (χ2v) is 6.19. The number of rotatable bonds is 7. The molecule has 7 nitrogen and oxygen atoms in total. The lowest BCUT2D eigenvalue weighted by Crippen LogP contribution is -2.56. The van der Waals surface area contributed by atoms with E-state index in [0.717, 1.165) is 30.9 Å². The summed E-state index contributed by atoms with van der Waals surface area (Å²) in [6.07, 6.45) is -0.0612. The number of benzene rings is 1. The minimum atomic E-state index is -0.911. The van der Waals surface area contributed by atoms with E-state index in [1.54, 1.807) is 4.90 Å². The van der Waals surface area contributed by atoms with E-state index in [1.165, 1.54) is 0 Å². The first-order valence-electron chi connectivity index (χ1n) is 8.70. The van der Waals surface area contributed by atoms with E-state index in [2.05, 4.69) is 16.3 Å². The van der Waals surface area contributed by atoms with Gasteiger partial charge < -0.3 is 20.1 Å². The van der Waals surface area contributed by atoms with Gasteiger partial charge >= 0.3 is 12.0 Å². The lowest BCUT2D eigenvalue weighted by Gasteiger charge is -2.40. The van der Waals surface area contributed by atoms with Crippen LogP contribution in [0.1, 0.15) is 25.8 Å². The third kappa shape index (κ3) is 5.63. The van der Waals surface area contributed by atoms with Gasteiger partial charge in [-0.15, -0.1) is 0 Å². The van der Waals surface area contributed by atoms with Crippen molar-refractivity contribution in [1.29, 1.82) is 0 Å². The van der Waals surface area contributed by atoms with Gasteiger partial charge in [0.1, 0.15) is 5.75 Å². The SMILES string of the molecule is CCOc1ccccc1CN1CCN(C(=O)NCCC(=O)O)C(C)C1. The van der Waals surface area contributed by atoms with Gasteiger partial charge in [-0.1, -0.05) is 18.2 Å². The molecule has 2 N–H and O–H groups in total. The summed E-state index contributed by atoms with van der Waals surface area (Å²) in [7, 11) is 0. The molecular weight excluding hydrogens is 322 g/mol. The van der Waals surface area contributed by atoms with Gasteiger partial charge in [0, 0.05) is 44.3 Å². The number of carbonyl (C=O) groups is 2. The topological polar surface area (TPSA) is 82.1 Å². The van der Waals surface area contributed by atoms with Crippen molar-refractivity contribution >= 4 is 12.0 Å². The van der Waals surface area contributed by atoms with E-state index in [9.17, 15) is 9.59 Å². The van der Waals surface area contributed by atoms with Crippen LogP contribution in [-0.4, -0.2) is 65.7 Å². The van der Waals surface area contributed by atoms with Gasteiger partial charge in [0.25, 0.3) is 0 Å². The Balaban J connectivity index is 1.87. The van der Waals surface area contributed by atoms with Gasteiger partial charge in [0.05, 0.1) is 13.0 Å². The number of nitrogens with one attached hydrogen (secondary N) is 1. The zero-order valence-electron chi connectivity index (χ0n) is 14.9. The number of carboxylic acid groups (broad SMARTS) is 1. The summed E-state index contributed by atoms with van der Waals surface area (Å²) in [5.41, 5.74) is 1.15. The maximum atomic E-state index is 12.2. The molecule has 7 heteroatoms. The number of carboxylic acids is 1. The number of carbonyl (C=O) groups excluding carboxylic acids is 1. The van der Waals surface area contributed by atoms with Crippen LogP contribution in [0, 0.1) is 0 Å². The molecule has 0 saturated carbocycles. The summed E-state index contributed by atoms with van der Waals surface area (Å²) in [4.78, 5) is 26.8. The molecule has 1 aliphatic rings. The van der Waals surface area contributed by atoms with Crippen LogP contribution in [0.15, 0.2) is 24.3 Å². The van der Waals surface area contributed by atoms with Crippen molar-refractivity contribution in [2.45, 2.75) is 32.9 Å². The van der Waals surface area contributed by atoms with Gasteiger partial charge in [-0.25, -0.2) is 4.79 Å². The van der Waals surface area contributed by atoms with Crippen LogP contribution in [0.25, 0.3) is 0 Å². The fourth-order valence-electron chi connectivity index (χ4n) is 3.03. The second kappa shape index (κ2) is 9.27. The summed E-state index contributed by atoms with van der Waals surface area (Å²) in [6.45, 7) is 7.73. The quantitative estimate of drug-likeness (QED) is 0.784. The molecule has 0 spiro atoms. The highest BCUT2D eigenvalue weighted by Gasteiger charge is 2.27. The number of urea groups is 1. The minimum absolute atomic E-state index is 0.0612. The molecule has 1 aromatic carbocycles. The number of amides is 2. The molecule has 25 heavy (non-hydrogen) atoms. The molecule has 1 fully saturated rings. The Hall–Kier alpha value is -2.28. The molecule has 1 heterocycles. The number of nitrogens with zero attached hydrogens (tertiary/aromatic N) is 2. The number of ether oxygens (including phenoxy) is 1. The molecule has 1 atom stereocenters. The number of para-hydroxylation sites is 1. The number of hydrogen-bond acceptors (Lipinski definition) is 4. The van der Waals surface area contributed by atoms with Gasteiger partial charge in [-0.2, -0.15) is 0 Å². The van der Waals surface area contributed by atoms with Crippen LogP contribution in [0.2, 0.25) is 0 Å². The molecule has 0 bridgehead atoms. The number of piperazine rings is 1. The van der Waals surface area contributed by atoms with Gasteiger partial charge in [0.2, 0.25) is 0 Å². The minimum Gasteiger partial charge on any atom is -0.494 e. The molecule has 0 radical (unpaired) electrons. The molecule has 2 amide bonds. The summed E-state index contributed by atoms with van der Waals surface area (Å²) >= 11 is 0. The van der Waals surface area contributed by atoms with Crippen molar-refractivity contribution in [3.8, 4) is 5.75 Å². The van der Waals surface area contributed by atoms with Crippen molar-refractivity contribution in [1.82, 2.24) is 15.1 Å². The predicted octanol–water partition coefficient (Wildman–Crippen LogP) is 1.78.